The molecule has 140 valence electrons. The molecular weight excluding hydrogens is 380 g/mol. The van der Waals surface area contributed by atoms with E-state index in [2.05, 4.69) is 10.3 Å². The average molecular weight is 401 g/mol. The van der Waals surface area contributed by atoms with Gasteiger partial charge in [0.2, 0.25) is 11.8 Å². The lowest BCUT2D eigenvalue weighted by molar-refractivity contribution is -0.118. The van der Waals surface area contributed by atoms with Crippen LogP contribution in [0.5, 0.6) is 0 Å². The number of hydrogen-bond acceptors (Lipinski definition) is 4. The van der Waals surface area contributed by atoms with E-state index >= 15 is 0 Å². The minimum Gasteiger partial charge on any atom is -0.441 e. The Hall–Kier alpha value is -2.24. The van der Waals surface area contributed by atoms with E-state index in [0.29, 0.717) is 29.0 Å². The number of amides is 1. The summed E-state index contributed by atoms with van der Waals surface area (Å²) in [4.78, 5) is 16.6. The van der Waals surface area contributed by atoms with Crippen LogP contribution in [0.15, 0.2) is 52.9 Å². The molecule has 0 aliphatic heterocycles. The lowest BCUT2D eigenvalue weighted by Gasteiger charge is -2.06. The zero-order valence-corrected chi connectivity index (χ0v) is 16.9. The molecule has 6 heteroatoms. The van der Waals surface area contributed by atoms with Crippen molar-refractivity contribution < 1.29 is 9.21 Å². The molecule has 0 spiro atoms. The van der Waals surface area contributed by atoms with Crippen LogP contribution in [0.3, 0.4) is 0 Å². The smallest absolute Gasteiger partial charge is 0.230 e. The van der Waals surface area contributed by atoms with Crippen LogP contribution in [0.2, 0.25) is 5.02 Å². The van der Waals surface area contributed by atoms with Crippen molar-refractivity contribution in [2.75, 3.05) is 5.75 Å². The number of aryl methyl sites for hydroxylation is 2. The molecule has 0 saturated carbocycles. The van der Waals surface area contributed by atoms with Gasteiger partial charge in [-0.1, -0.05) is 47.5 Å². The first kappa shape index (κ1) is 19.5. The standard InChI is InChI=1S/C21H21ClN2O2S/c1-14-6-5-8-16(10-14)21-24-19(15(2)26-21)12-27-13-20(25)23-11-17-7-3-4-9-18(17)22/h3-10H,11-13H2,1-2H3,(H,23,25). The molecule has 1 amide bonds. The highest BCUT2D eigenvalue weighted by atomic mass is 35.5. The van der Waals surface area contributed by atoms with Crippen LogP contribution in [0, 0.1) is 13.8 Å². The highest BCUT2D eigenvalue weighted by Gasteiger charge is 2.12. The second kappa shape index (κ2) is 9.11. The number of benzene rings is 2. The predicted octanol–water partition coefficient (Wildman–Crippen LogP) is 5.16. The highest BCUT2D eigenvalue weighted by Crippen LogP contribution is 2.24. The van der Waals surface area contributed by atoms with Gasteiger partial charge in [0.05, 0.1) is 11.4 Å². The third kappa shape index (κ3) is 5.37. The molecule has 27 heavy (non-hydrogen) atoms. The Labute approximate surface area is 168 Å². The minimum atomic E-state index is -0.0278. The van der Waals surface area contributed by atoms with Crippen molar-refractivity contribution in [2.24, 2.45) is 0 Å². The first-order valence-corrected chi connectivity index (χ1v) is 10.2. The van der Waals surface area contributed by atoms with Crippen molar-refractivity contribution in [1.29, 1.82) is 0 Å². The third-order valence-corrected chi connectivity index (χ3v) is 5.38. The number of nitrogens with zero attached hydrogens (tertiary/aromatic N) is 1. The molecule has 1 heterocycles. The van der Waals surface area contributed by atoms with E-state index in [1.807, 2.05) is 62.4 Å². The van der Waals surface area contributed by atoms with Gasteiger partial charge in [-0.15, -0.1) is 11.8 Å². The summed E-state index contributed by atoms with van der Waals surface area (Å²) in [6.07, 6.45) is 0. The summed E-state index contributed by atoms with van der Waals surface area (Å²) >= 11 is 7.61. The quantitative estimate of drug-likeness (QED) is 0.595. The first-order chi connectivity index (χ1) is 13.0. The number of nitrogens with one attached hydrogen (secondary N) is 1. The molecule has 0 atom stereocenters. The zero-order chi connectivity index (χ0) is 19.2. The molecular formula is C21H21ClN2O2S. The van der Waals surface area contributed by atoms with E-state index in [1.165, 1.54) is 11.8 Å². The molecule has 4 nitrogen and oxygen atoms in total. The van der Waals surface area contributed by atoms with Crippen LogP contribution in [0.1, 0.15) is 22.6 Å². The Bertz CT molecular complexity index is 939. The topological polar surface area (TPSA) is 55.1 Å². The fourth-order valence-electron chi connectivity index (χ4n) is 2.59. The van der Waals surface area contributed by atoms with E-state index in [4.69, 9.17) is 16.0 Å². The first-order valence-electron chi connectivity index (χ1n) is 8.64. The van der Waals surface area contributed by atoms with Crippen LogP contribution in [-0.2, 0) is 17.1 Å². The van der Waals surface area contributed by atoms with E-state index in [9.17, 15) is 4.79 Å². The van der Waals surface area contributed by atoms with Gasteiger partial charge in [-0.3, -0.25) is 4.79 Å². The van der Waals surface area contributed by atoms with Gasteiger partial charge in [0, 0.05) is 22.9 Å². The van der Waals surface area contributed by atoms with Crippen LogP contribution in [0.25, 0.3) is 11.5 Å². The Morgan fingerprint density at radius 3 is 2.78 bits per heavy atom. The third-order valence-electron chi connectivity index (χ3n) is 4.06. The number of halogens is 1. The van der Waals surface area contributed by atoms with Crippen molar-refractivity contribution in [1.82, 2.24) is 10.3 Å². The van der Waals surface area contributed by atoms with Crippen molar-refractivity contribution >= 4 is 29.3 Å². The van der Waals surface area contributed by atoms with Gasteiger partial charge in [0.25, 0.3) is 0 Å². The van der Waals surface area contributed by atoms with Crippen molar-refractivity contribution in [2.45, 2.75) is 26.1 Å². The van der Waals surface area contributed by atoms with Crippen LogP contribution < -0.4 is 5.32 Å². The molecule has 3 aromatic rings. The van der Waals surface area contributed by atoms with Crippen molar-refractivity contribution in [3.05, 3.63) is 76.1 Å². The summed E-state index contributed by atoms with van der Waals surface area (Å²) in [6.45, 7) is 4.37. The SMILES string of the molecule is Cc1cccc(-c2nc(CSCC(=O)NCc3ccccc3Cl)c(C)o2)c1. The van der Waals surface area contributed by atoms with Crippen LogP contribution in [-0.4, -0.2) is 16.6 Å². The molecule has 0 saturated heterocycles. The lowest BCUT2D eigenvalue weighted by Crippen LogP contribution is -2.24. The average Bonchev–Trinajstić information content (AvgIpc) is 3.02. The number of oxazole rings is 1. The molecule has 1 aromatic heterocycles. The van der Waals surface area contributed by atoms with E-state index in [1.54, 1.807) is 0 Å². The summed E-state index contributed by atoms with van der Waals surface area (Å²) in [5.74, 6) is 2.36. The number of thioether (sulfide) groups is 1. The van der Waals surface area contributed by atoms with Gasteiger partial charge in [-0.2, -0.15) is 0 Å². The molecule has 2 aromatic carbocycles. The highest BCUT2D eigenvalue weighted by molar-refractivity contribution is 7.99. The summed E-state index contributed by atoms with van der Waals surface area (Å²) in [5, 5.41) is 3.55. The Morgan fingerprint density at radius 2 is 2.00 bits per heavy atom. The Balaban J connectivity index is 1.50. The Morgan fingerprint density at radius 1 is 1.19 bits per heavy atom. The fourth-order valence-corrected chi connectivity index (χ4v) is 3.64. The van der Waals surface area contributed by atoms with Crippen molar-refractivity contribution in [3.63, 3.8) is 0 Å². The van der Waals surface area contributed by atoms with Gasteiger partial charge < -0.3 is 9.73 Å². The second-order valence-corrected chi connectivity index (χ2v) is 7.65. The molecule has 0 radical (unpaired) electrons. The molecule has 1 N–H and O–H groups in total. The summed E-state index contributed by atoms with van der Waals surface area (Å²) in [7, 11) is 0. The number of aromatic nitrogens is 1. The van der Waals surface area contributed by atoms with Gasteiger partial charge in [0.15, 0.2) is 0 Å². The van der Waals surface area contributed by atoms with Gasteiger partial charge in [-0.05, 0) is 37.6 Å². The van der Waals surface area contributed by atoms with E-state index < -0.39 is 0 Å². The maximum Gasteiger partial charge on any atom is 0.230 e. The molecule has 3 rings (SSSR count). The van der Waals surface area contributed by atoms with E-state index in [-0.39, 0.29) is 5.91 Å². The summed E-state index contributed by atoms with van der Waals surface area (Å²) < 4.78 is 5.79. The fraction of sp³-hybridized carbons (Fsp3) is 0.238. The van der Waals surface area contributed by atoms with Crippen molar-refractivity contribution in [3.8, 4) is 11.5 Å². The number of carbonyl (C=O) groups is 1. The molecule has 0 aliphatic rings. The monoisotopic (exact) mass is 400 g/mol. The Kier molecular flexibility index (Phi) is 6.58. The number of carbonyl (C=O) groups excluding carboxylic acids is 1. The normalized spacial score (nSPS) is 10.8. The second-order valence-electron chi connectivity index (χ2n) is 6.25. The van der Waals surface area contributed by atoms with Crippen LogP contribution in [0.4, 0.5) is 0 Å². The number of rotatable bonds is 7. The maximum atomic E-state index is 12.0. The van der Waals surface area contributed by atoms with E-state index in [0.717, 1.165) is 28.1 Å². The minimum absolute atomic E-state index is 0.0278. The summed E-state index contributed by atoms with van der Waals surface area (Å²) in [5.41, 5.74) is 3.91. The molecule has 0 aliphatic carbocycles. The van der Waals surface area contributed by atoms with Gasteiger partial charge >= 0.3 is 0 Å². The zero-order valence-electron chi connectivity index (χ0n) is 15.3. The molecule has 0 bridgehead atoms. The molecule has 0 fully saturated rings. The largest absolute Gasteiger partial charge is 0.441 e. The maximum absolute atomic E-state index is 12.0. The predicted molar refractivity (Wildman–Crippen MR) is 111 cm³/mol. The van der Waals surface area contributed by atoms with Crippen LogP contribution >= 0.6 is 23.4 Å². The lowest BCUT2D eigenvalue weighted by atomic mass is 10.1. The number of hydrogen-bond donors (Lipinski definition) is 1. The molecule has 0 unspecified atom stereocenters. The van der Waals surface area contributed by atoms with Gasteiger partial charge in [-0.25, -0.2) is 4.98 Å². The van der Waals surface area contributed by atoms with Gasteiger partial charge in [0.1, 0.15) is 5.76 Å². The summed E-state index contributed by atoms with van der Waals surface area (Å²) in [6, 6.07) is 15.6.